The molecule has 1 amide bonds. The monoisotopic (exact) mass is 490 g/mol. The number of anilines is 1. The fraction of sp³-hybridized carbons (Fsp3) is 0.125. The number of hydrogen-bond donors (Lipinski definition) is 2. The van der Waals surface area contributed by atoms with Crippen LogP contribution in [0.4, 0.5) is 5.69 Å². The van der Waals surface area contributed by atoms with Crippen LogP contribution >= 0.6 is 55.7 Å². The molecule has 0 atom stereocenters. The van der Waals surface area contributed by atoms with E-state index in [9.17, 15) is 4.79 Å². The molecule has 0 aliphatic carbocycles. The lowest BCUT2D eigenvalue weighted by atomic mass is 10.1. The van der Waals surface area contributed by atoms with E-state index in [2.05, 4.69) is 42.5 Å². The number of methoxy groups -OCH3 is 1. The summed E-state index contributed by atoms with van der Waals surface area (Å²) in [6, 6.07) is 8.85. The Labute approximate surface area is 167 Å². The summed E-state index contributed by atoms with van der Waals surface area (Å²) < 4.78 is 6.94. The minimum absolute atomic E-state index is 0.143. The standard InChI is InChI=1S/C16H13Br2ClN2O2S/c1-8-5-10(18)6-11(14(8)23-2)15(22)21-16(24)20-13-4-3-9(17)7-12(13)19/h3-7H,1-2H3,(H2,20,21,22,24). The molecule has 2 aromatic carbocycles. The molecule has 0 bridgehead atoms. The zero-order valence-electron chi connectivity index (χ0n) is 12.7. The Kier molecular flexibility index (Phi) is 6.62. The van der Waals surface area contributed by atoms with Crippen molar-refractivity contribution < 1.29 is 9.53 Å². The molecule has 0 aliphatic rings. The summed E-state index contributed by atoms with van der Waals surface area (Å²) in [7, 11) is 1.52. The average Bonchev–Trinajstić information content (AvgIpc) is 2.49. The topological polar surface area (TPSA) is 50.4 Å². The third-order valence-corrected chi connectivity index (χ3v) is 4.56. The normalized spacial score (nSPS) is 10.2. The van der Waals surface area contributed by atoms with E-state index in [0.717, 1.165) is 14.5 Å². The Morgan fingerprint density at radius 3 is 2.54 bits per heavy atom. The van der Waals surface area contributed by atoms with Gasteiger partial charge in [-0.25, -0.2) is 0 Å². The second kappa shape index (κ2) is 8.29. The molecule has 0 saturated carbocycles. The number of thiocarbonyl (C=S) groups is 1. The Morgan fingerprint density at radius 2 is 1.92 bits per heavy atom. The first kappa shape index (κ1) is 19.2. The molecule has 0 aliphatic heterocycles. The van der Waals surface area contributed by atoms with E-state index in [-0.39, 0.29) is 11.0 Å². The van der Waals surface area contributed by atoms with Crippen molar-refractivity contribution >= 4 is 72.4 Å². The Hall–Kier alpha value is -1.15. The van der Waals surface area contributed by atoms with Crippen molar-refractivity contribution in [1.82, 2.24) is 5.32 Å². The van der Waals surface area contributed by atoms with Crippen molar-refractivity contribution in [3.63, 3.8) is 0 Å². The molecule has 126 valence electrons. The summed E-state index contributed by atoms with van der Waals surface area (Å²) in [4.78, 5) is 12.5. The van der Waals surface area contributed by atoms with Crippen LogP contribution in [0.1, 0.15) is 15.9 Å². The molecule has 24 heavy (non-hydrogen) atoms. The number of rotatable bonds is 3. The quantitative estimate of drug-likeness (QED) is 0.571. The van der Waals surface area contributed by atoms with Gasteiger partial charge in [0.2, 0.25) is 0 Å². The molecule has 8 heteroatoms. The molecule has 2 N–H and O–H groups in total. The summed E-state index contributed by atoms with van der Waals surface area (Å²) in [5.74, 6) is 0.127. The van der Waals surface area contributed by atoms with Crippen LogP contribution in [0.15, 0.2) is 39.3 Å². The highest BCUT2D eigenvalue weighted by Gasteiger charge is 2.17. The van der Waals surface area contributed by atoms with E-state index in [4.69, 9.17) is 28.6 Å². The van der Waals surface area contributed by atoms with E-state index in [1.54, 1.807) is 18.2 Å². The van der Waals surface area contributed by atoms with Gasteiger partial charge in [0.05, 0.1) is 23.4 Å². The van der Waals surface area contributed by atoms with Gasteiger partial charge in [0, 0.05) is 8.95 Å². The molecule has 2 rings (SSSR count). The first-order valence-electron chi connectivity index (χ1n) is 6.73. The van der Waals surface area contributed by atoms with Crippen LogP contribution in [0.5, 0.6) is 5.75 Å². The molecule has 0 heterocycles. The van der Waals surface area contributed by atoms with Gasteiger partial charge in [0.1, 0.15) is 5.75 Å². The largest absolute Gasteiger partial charge is 0.496 e. The van der Waals surface area contributed by atoms with Crippen LogP contribution in [-0.2, 0) is 0 Å². The van der Waals surface area contributed by atoms with E-state index < -0.39 is 0 Å². The van der Waals surface area contributed by atoms with Crippen molar-refractivity contribution in [2.75, 3.05) is 12.4 Å². The van der Waals surface area contributed by atoms with Gasteiger partial charge in [-0.3, -0.25) is 10.1 Å². The van der Waals surface area contributed by atoms with Crippen molar-refractivity contribution in [2.24, 2.45) is 0 Å². The lowest BCUT2D eigenvalue weighted by Gasteiger charge is -2.14. The van der Waals surface area contributed by atoms with Gasteiger partial charge in [0.25, 0.3) is 5.91 Å². The smallest absolute Gasteiger partial charge is 0.261 e. The van der Waals surface area contributed by atoms with Gasteiger partial charge in [-0.2, -0.15) is 0 Å². The Morgan fingerprint density at radius 1 is 1.21 bits per heavy atom. The maximum atomic E-state index is 12.5. The molecule has 4 nitrogen and oxygen atoms in total. The Balaban J connectivity index is 2.16. The number of nitrogens with one attached hydrogen (secondary N) is 2. The van der Waals surface area contributed by atoms with Crippen LogP contribution in [-0.4, -0.2) is 18.1 Å². The van der Waals surface area contributed by atoms with Crippen molar-refractivity contribution in [3.05, 3.63) is 55.4 Å². The molecule has 0 aromatic heterocycles. The second-order valence-corrected chi connectivity index (χ2v) is 7.48. The van der Waals surface area contributed by atoms with Gasteiger partial charge in [-0.15, -0.1) is 0 Å². The molecular formula is C16H13Br2ClN2O2S. The van der Waals surface area contributed by atoms with Gasteiger partial charge in [-0.1, -0.05) is 43.5 Å². The van der Waals surface area contributed by atoms with Gasteiger partial charge in [-0.05, 0) is 55.0 Å². The molecule has 0 spiro atoms. The molecule has 2 aromatic rings. The predicted molar refractivity (Wildman–Crippen MR) is 108 cm³/mol. The van der Waals surface area contributed by atoms with Crippen LogP contribution in [0, 0.1) is 6.92 Å². The first-order chi connectivity index (χ1) is 11.3. The zero-order valence-corrected chi connectivity index (χ0v) is 17.5. The zero-order chi connectivity index (χ0) is 17.9. The first-order valence-corrected chi connectivity index (χ1v) is 9.10. The van der Waals surface area contributed by atoms with E-state index in [1.165, 1.54) is 7.11 Å². The highest BCUT2D eigenvalue weighted by atomic mass is 79.9. The molecule has 0 saturated heterocycles. The summed E-state index contributed by atoms with van der Waals surface area (Å²) in [6.07, 6.45) is 0. The van der Waals surface area contributed by atoms with Gasteiger partial charge in [0.15, 0.2) is 5.11 Å². The molecule has 0 radical (unpaired) electrons. The third-order valence-electron chi connectivity index (χ3n) is 3.09. The number of halogens is 3. The highest BCUT2D eigenvalue weighted by Crippen LogP contribution is 2.28. The predicted octanol–water partition coefficient (Wildman–Crippen LogP) is 5.31. The number of hydrogen-bond acceptors (Lipinski definition) is 3. The average molecular weight is 493 g/mol. The summed E-state index contributed by atoms with van der Waals surface area (Å²) in [5.41, 5.74) is 1.82. The maximum absolute atomic E-state index is 12.5. The van der Waals surface area contributed by atoms with Crippen molar-refractivity contribution in [1.29, 1.82) is 0 Å². The minimum atomic E-state index is -0.373. The molecular weight excluding hydrogens is 480 g/mol. The van der Waals surface area contributed by atoms with Crippen LogP contribution in [0.25, 0.3) is 0 Å². The summed E-state index contributed by atoms with van der Waals surface area (Å²) in [5, 5.41) is 6.15. The van der Waals surface area contributed by atoms with Gasteiger partial charge < -0.3 is 10.1 Å². The van der Waals surface area contributed by atoms with E-state index in [1.807, 2.05) is 19.1 Å². The number of ether oxygens (including phenoxy) is 1. The fourth-order valence-electron chi connectivity index (χ4n) is 2.08. The van der Waals surface area contributed by atoms with Crippen LogP contribution in [0.2, 0.25) is 5.02 Å². The van der Waals surface area contributed by atoms with Crippen LogP contribution < -0.4 is 15.4 Å². The Bertz CT molecular complexity index is 815. The van der Waals surface area contributed by atoms with Gasteiger partial charge >= 0.3 is 0 Å². The number of carbonyl (C=O) groups excluding carboxylic acids is 1. The van der Waals surface area contributed by atoms with Crippen molar-refractivity contribution in [3.8, 4) is 5.75 Å². The summed E-state index contributed by atoms with van der Waals surface area (Å²) in [6.45, 7) is 1.86. The molecule has 0 unspecified atom stereocenters. The second-order valence-electron chi connectivity index (χ2n) is 4.84. The third kappa shape index (κ3) is 4.69. The SMILES string of the molecule is COc1c(C)cc(Br)cc1C(=O)NC(=S)Nc1ccc(Br)cc1Cl. The van der Waals surface area contributed by atoms with Crippen LogP contribution in [0.3, 0.4) is 0 Å². The fourth-order valence-corrected chi connectivity index (χ4v) is 3.58. The maximum Gasteiger partial charge on any atom is 0.261 e. The number of benzene rings is 2. The van der Waals surface area contributed by atoms with E-state index in [0.29, 0.717) is 22.0 Å². The lowest BCUT2D eigenvalue weighted by Crippen LogP contribution is -2.34. The van der Waals surface area contributed by atoms with E-state index >= 15 is 0 Å². The number of aryl methyl sites for hydroxylation is 1. The van der Waals surface area contributed by atoms with Crippen molar-refractivity contribution in [2.45, 2.75) is 6.92 Å². The summed E-state index contributed by atoms with van der Waals surface area (Å²) >= 11 is 18.0. The minimum Gasteiger partial charge on any atom is -0.496 e. The lowest BCUT2D eigenvalue weighted by molar-refractivity contribution is 0.0974. The highest BCUT2D eigenvalue weighted by molar-refractivity contribution is 9.10. The number of carbonyl (C=O) groups is 1. The molecule has 0 fully saturated rings. The number of amides is 1.